The molecule has 5 nitrogen and oxygen atoms in total. The van der Waals surface area contributed by atoms with Crippen molar-refractivity contribution in [3.63, 3.8) is 0 Å². The van der Waals surface area contributed by atoms with E-state index >= 15 is 0 Å². The minimum atomic E-state index is 0. The molecule has 1 aromatic carbocycles. The first-order chi connectivity index (χ1) is 12.1. The van der Waals surface area contributed by atoms with E-state index in [0.29, 0.717) is 11.6 Å². The van der Waals surface area contributed by atoms with Gasteiger partial charge in [-0.25, -0.2) is 4.98 Å². The molecule has 2 rings (SSSR count). The van der Waals surface area contributed by atoms with Crippen LogP contribution in [0.25, 0.3) is 0 Å². The maximum Gasteiger partial charge on any atom is 0.193 e. The zero-order valence-electron chi connectivity index (χ0n) is 15.4. The molecule has 1 N–H and O–H groups in total. The van der Waals surface area contributed by atoms with Crippen LogP contribution in [0.3, 0.4) is 0 Å². The van der Waals surface area contributed by atoms with Crippen molar-refractivity contribution >= 4 is 52.9 Å². The van der Waals surface area contributed by atoms with Crippen LogP contribution in [0, 0.1) is 6.92 Å². The lowest BCUT2D eigenvalue weighted by atomic mass is 10.3. The van der Waals surface area contributed by atoms with Crippen molar-refractivity contribution in [1.29, 1.82) is 0 Å². The van der Waals surface area contributed by atoms with Gasteiger partial charge in [0.1, 0.15) is 12.4 Å². The maximum atomic E-state index is 5.87. The lowest BCUT2D eigenvalue weighted by Gasteiger charge is -2.22. The summed E-state index contributed by atoms with van der Waals surface area (Å²) in [6.45, 7) is 4.22. The van der Waals surface area contributed by atoms with Gasteiger partial charge in [0, 0.05) is 43.2 Å². The fourth-order valence-electron chi connectivity index (χ4n) is 2.28. The number of aromatic nitrogens is 1. The van der Waals surface area contributed by atoms with Gasteiger partial charge in [-0.1, -0.05) is 11.6 Å². The predicted octanol–water partition coefficient (Wildman–Crippen LogP) is 4.24. The Balaban J connectivity index is 0.00000338. The largest absolute Gasteiger partial charge is 0.492 e. The summed E-state index contributed by atoms with van der Waals surface area (Å²) in [4.78, 5) is 10.9. The van der Waals surface area contributed by atoms with E-state index in [0.717, 1.165) is 43.3 Å². The average molecular weight is 509 g/mol. The molecule has 0 saturated carbocycles. The number of hydrogen-bond donors (Lipinski definition) is 1. The second-order valence-electron chi connectivity index (χ2n) is 5.68. The van der Waals surface area contributed by atoms with Gasteiger partial charge in [-0.15, -0.1) is 35.3 Å². The highest BCUT2D eigenvalue weighted by atomic mass is 127. The van der Waals surface area contributed by atoms with Gasteiger partial charge in [-0.05, 0) is 37.6 Å². The average Bonchev–Trinajstić information content (AvgIpc) is 3.02. The van der Waals surface area contributed by atoms with Crippen molar-refractivity contribution in [3.05, 3.63) is 45.4 Å². The lowest BCUT2D eigenvalue weighted by molar-refractivity contribution is 0.281. The number of benzene rings is 1. The van der Waals surface area contributed by atoms with Gasteiger partial charge in [0.05, 0.1) is 11.6 Å². The Labute approximate surface area is 181 Å². The summed E-state index contributed by atoms with van der Waals surface area (Å²) in [5, 5.41) is 7.38. The molecule has 0 spiro atoms. The fraction of sp³-hybridized carbons (Fsp3) is 0.444. The van der Waals surface area contributed by atoms with Crippen LogP contribution in [-0.4, -0.2) is 49.6 Å². The SMILES string of the molecule is CN=C(NCCCc1nc(C)cs1)N(C)CCOc1ccc(Cl)cc1.I. The number of thiazole rings is 1. The van der Waals surface area contributed by atoms with Gasteiger partial charge in [0.15, 0.2) is 5.96 Å². The normalized spacial score (nSPS) is 11.0. The van der Waals surface area contributed by atoms with E-state index in [1.807, 2.05) is 38.2 Å². The number of likely N-dealkylation sites (N-methyl/N-ethyl adjacent to an activating group) is 1. The lowest BCUT2D eigenvalue weighted by Crippen LogP contribution is -2.41. The highest BCUT2D eigenvalue weighted by molar-refractivity contribution is 14.0. The topological polar surface area (TPSA) is 49.8 Å². The quantitative estimate of drug-likeness (QED) is 0.251. The molecule has 0 aliphatic carbocycles. The summed E-state index contributed by atoms with van der Waals surface area (Å²) >= 11 is 7.59. The summed E-state index contributed by atoms with van der Waals surface area (Å²) in [5.74, 6) is 1.69. The summed E-state index contributed by atoms with van der Waals surface area (Å²) in [6.07, 6.45) is 2.02. The van der Waals surface area contributed by atoms with E-state index in [4.69, 9.17) is 16.3 Å². The number of nitrogens with one attached hydrogen (secondary N) is 1. The first-order valence-electron chi connectivity index (χ1n) is 8.29. The minimum absolute atomic E-state index is 0. The monoisotopic (exact) mass is 508 g/mol. The second kappa shape index (κ2) is 12.3. The Hall–Kier alpha value is -1.06. The standard InChI is InChI=1S/C18H25ClN4OS.HI/c1-14-13-25-17(22-14)5-4-10-21-18(20-2)23(3)11-12-24-16-8-6-15(19)7-9-16;/h6-9,13H,4-5,10-12H2,1-3H3,(H,20,21);1H. The van der Waals surface area contributed by atoms with E-state index in [9.17, 15) is 0 Å². The number of hydrogen-bond acceptors (Lipinski definition) is 4. The molecule has 0 amide bonds. The van der Waals surface area contributed by atoms with E-state index < -0.39 is 0 Å². The first-order valence-corrected chi connectivity index (χ1v) is 9.55. The molecule has 0 bridgehead atoms. The highest BCUT2D eigenvalue weighted by Crippen LogP contribution is 2.15. The molecule has 26 heavy (non-hydrogen) atoms. The molecule has 0 aliphatic rings. The van der Waals surface area contributed by atoms with Gasteiger partial charge in [-0.3, -0.25) is 4.99 Å². The molecule has 0 atom stereocenters. The van der Waals surface area contributed by atoms with Crippen molar-refractivity contribution in [2.45, 2.75) is 19.8 Å². The van der Waals surface area contributed by atoms with Crippen molar-refractivity contribution in [1.82, 2.24) is 15.2 Å². The second-order valence-corrected chi connectivity index (χ2v) is 7.06. The van der Waals surface area contributed by atoms with Crippen LogP contribution < -0.4 is 10.1 Å². The highest BCUT2D eigenvalue weighted by Gasteiger charge is 2.06. The third kappa shape index (κ3) is 8.09. The number of ether oxygens (including phenoxy) is 1. The van der Waals surface area contributed by atoms with Crippen LogP contribution in [0.5, 0.6) is 5.75 Å². The van der Waals surface area contributed by atoms with Crippen molar-refractivity contribution in [3.8, 4) is 5.75 Å². The number of rotatable bonds is 8. The smallest absolute Gasteiger partial charge is 0.193 e. The Morgan fingerprint density at radius 2 is 2.08 bits per heavy atom. The first kappa shape index (κ1) is 23.0. The van der Waals surface area contributed by atoms with E-state index in [1.165, 1.54) is 5.01 Å². The molecular weight excluding hydrogens is 483 g/mol. The number of halogens is 2. The number of aryl methyl sites for hydroxylation is 2. The molecule has 2 aromatic rings. The van der Waals surface area contributed by atoms with E-state index in [1.54, 1.807) is 18.4 Å². The van der Waals surface area contributed by atoms with Crippen molar-refractivity contribution < 1.29 is 4.74 Å². The van der Waals surface area contributed by atoms with Crippen molar-refractivity contribution in [2.75, 3.05) is 33.8 Å². The van der Waals surface area contributed by atoms with Gasteiger partial charge >= 0.3 is 0 Å². The molecule has 144 valence electrons. The molecule has 0 unspecified atom stereocenters. The van der Waals surface area contributed by atoms with Gasteiger partial charge in [0.25, 0.3) is 0 Å². The third-order valence-electron chi connectivity index (χ3n) is 3.60. The van der Waals surface area contributed by atoms with Crippen molar-refractivity contribution in [2.24, 2.45) is 4.99 Å². The van der Waals surface area contributed by atoms with Crippen LogP contribution in [-0.2, 0) is 6.42 Å². The van der Waals surface area contributed by atoms with Gasteiger partial charge in [0.2, 0.25) is 0 Å². The van der Waals surface area contributed by atoms with Crippen LogP contribution in [0.15, 0.2) is 34.6 Å². The summed E-state index contributed by atoms with van der Waals surface area (Å²) < 4.78 is 5.72. The Bertz CT molecular complexity index is 678. The summed E-state index contributed by atoms with van der Waals surface area (Å²) in [5.41, 5.74) is 1.10. The zero-order valence-corrected chi connectivity index (χ0v) is 19.3. The number of nitrogens with zero attached hydrogens (tertiary/aromatic N) is 3. The van der Waals surface area contributed by atoms with Crippen LogP contribution in [0.1, 0.15) is 17.1 Å². The van der Waals surface area contributed by atoms with E-state index in [-0.39, 0.29) is 24.0 Å². The van der Waals surface area contributed by atoms with Crippen LogP contribution >= 0.6 is 46.9 Å². The molecule has 1 heterocycles. The number of guanidine groups is 1. The molecular formula is C18H26ClIN4OS. The predicted molar refractivity (Wildman–Crippen MR) is 122 cm³/mol. The van der Waals surface area contributed by atoms with Gasteiger partial charge in [-0.2, -0.15) is 0 Å². The Kier molecular flexibility index (Phi) is 10.9. The minimum Gasteiger partial charge on any atom is -0.492 e. The zero-order chi connectivity index (χ0) is 18.1. The molecule has 0 radical (unpaired) electrons. The molecule has 0 saturated heterocycles. The van der Waals surface area contributed by atoms with Gasteiger partial charge < -0.3 is 15.0 Å². The number of aliphatic imine (C=N–C) groups is 1. The molecule has 0 fully saturated rings. The van der Waals surface area contributed by atoms with Crippen LogP contribution in [0.2, 0.25) is 5.02 Å². The molecule has 8 heteroatoms. The molecule has 0 aliphatic heterocycles. The van der Waals surface area contributed by atoms with E-state index in [2.05, 4.69) is 25.6 Å². The van der Waals surface area contributed by atoms with Crippen LogP contribution in [0.4, 0.5) is 0 Å². The Morgan fingerprint density at radius 3 is 2.69 bits per heavy atom. The fourth-order valence-corrected chi connectivity index (χ4v) is 3.22. The third-order valence-corrected chi connectivity index (χ3v) is 4.88. The summed E-state index contributed by atoms with van der Waals surface area (Å²) in [7, 11) is 3.80. The molecule has 1 aromatic heterocycles. The summed E-state index contributed by atoms with van der Waals surface area (Å²) in [6, 6.07) is 7.39. The maximum absolute atomic E-state index is 5.87. The Morgan fingerprint density at radius 1 is 1.35 bits per heavy atom.